The second-order valence-electron chi connectivity index (χ2n) is 7.05. The van der Waals surface area contributed by atoms with Gasteiger partial charge < -0.3 is 10.2 Å². The summed E-state index contributed by atoms with van der Waals surface area (Å²) in [5, 5.41) is 3.51. The highest BCUT2D eigenvalue weighted by Gasteiger charge is 2.28. The molecule has 1 atom stereocenters. The Morgan fingerprint density at radius 3 is 2.39 bits per heavy atom. The van der Waals surface area contributed by atoms with Crippen LogP contribution in [0.2, 0.25) is 0 Å². The number of nitrogens with zero attached hydrogens (tertiary/aromatic N) is 3. The highest BCUT2D eigenvalue weighted by molar-refractivity contribution is 7.15. The number of hydrogen-bond acceptors (Lipinski definition) is 5. The molecule has 1 aliphatic rings. The zero-order valence-electron chi connectivity index (χ0n) is 16.4. The number of anilines is 1. The quantitative estimate of drug-likeness (QED) is 0.832. The summed E-state index contributed by atoms with van der Waals surface area (Å²) < 4.78 is 13.0. The number of aryl methyl sites for hydroxylation is 2. The van der Waals surface area contributed by atoms with Gasteiger partial charge in [-0.3, -0.25) is 14.5 Å². The maximum atomic E-state index is 13.0. The van der Waals surface area contributed by atoms with E-state index in [4.69, 9.17) is 0 Å². The lowest BCUT2D eigenvalue weighted by Gasteiger charge is -2.37. The lowest BCUT2D eigenvalue weighted by molar-refractivity contribution is -0.133. The molecule has 6 nitrogen and oxygen atoms in total. The Morgan fingerprint density at radius 1 is 1.18 bits per heavy atom. The van der Waals surface area contributed by atoms with Crippen molar-refractivity contribution in [3.63, 3.8) is 0 Å². The van der Waals surface area contributed by atoms with Crippen LogP contribution in [0.4, 0.5) is 9.52 Å². The van der Waals surface area contributed by atoms with E-state index in [2.05, 4.69) is 15.2 Å². The van der Waals surface area contributed by atoms with E-state index in [0.29, 0.717) is 31.3 Å². The molecule has 1 saturated heterocycles. The van der Waals surface area contributed by atoms with Gasteiger partial charge in [0.1, 0.15) is 5.82 Å². The van der Waals surface area contributed by atoms with Crippen molar-refractivity contribution in [2.75, 3.05) is 31.5 Å². The van der Waals surface area contributed by atoms with Crippen LogP contribution in [0, 0.1) is 19.7 Å². The third-order valence-electron chi connectivity index (χ3n) is 5.12. The van der Waals surface area contributed by atoms with Crippen molar-refractivity contribution in [1.29, 1.82) is 0 Å². The molecule has 3 rings (SSSR count). The molecule has 28 heavy (non-hydrogen) atoms. The topological polar surface area (TPSA) is 65.5 Å². The van der Waals surface area contributed by atoms with Gasteiger partial charge in [-0.1, -0.05) is 12.1 Å². The fourth-order valence-corrected chi connectivity index (χ4v) is 3.97. The zero-order chi connectivity index (χ0) is 20.3. The van der Waals surface area contributed by atoms with Crippen LogP contribution >= 0.6 is 11.3 Å². The number of aromatic nitrogens is 1. The molecule has 150 valence electrons. The molecule has 2 amide bonds. The van der Waals surface area contributed by atoms with Gasteiger partial charge in [-0.05, 0) is 38.5 Å². The van der Waals surface area contributed by atoms with E-state index in [1.54, 1.807) is 17.0 Å². The van der Waals surface area contributed by atoms with Gasteiger partial charge in [0, 0.05) is 31.1 Å². The van der Waals surface area contributed by atoms with Crippen LogP contribution in [0.5, 0.6) is 0 Å². The maximum Gasteiger partial charge on any atom is 0.243 e. The Bertz CT molecular complexity index is 825. The minimum absolute atomic E-state index is 0.0251. The van der Waals surface area contributed by atoms with Crippen molar-refractivity contribution in [2.45, 2.75) is 33.2 Å². The number of nitrogens with one attached hydrogen (secondary N) is 1. The van der Waals surface area contributed by atoms with E-state index < -0.39 is 0 Å². The Labute approximate surface area is 168 Å². The van der Waals surface area contributed by atoms with Crippen molar-refractivity contribution >= 4 is 28.3 Å². The van der Waals surface area contributed by atoms with Gasteiger partial charge in [-0.15, -0.1) is 11.3 Å². The molecule has 1 unspecified atom stereocenters. The SMILES string of the molecule is Cc1nc(NC(=O)C(C)N2CCN(C(=O)Cc3ccc(F)cc3)CC2)sc1C. The molecule has 2 aromatic rings. The normalized spacial score (nSPS) is 16.1. The zero-order valence-corrected chi connectivity index (χ0v) is 17.2. The third kappa shape index (κ3) is 4.94. The largest absolute Gasteiger partial charge is 0.340 e. The molecule has 0 saturated carbocycles. The standard InChI is InChI=1S/C20H25FN4O2S/c1-13-15(3)28-20(22-13)23-19(27)14(2)24-8-10-25(11-9-24)18(26)12-16-4-6-17(21)7-5-16/h4-7,14H,8-12H2,1-3H3,(H,22,23,27). The molecule has 1 N–H and O–H groups in total. The van der Waals surface area contributed by atoms with E-state index in [1.807, 2.05) is 20.8 Å². The van der Waals surface area contributed by atoms with Crippen molar-refractivity contribution < 1.29 is 14.0 Å². The first kappa shape index (κ1) is 20.4. The molecular weight excluding hydrogens is 379 g/mol. The summed E-state index contributed by atoms with van der Waals surface area (Å²) >= 11 is 1.47. The molecule has 0 radical (unpaired) electrons. The summed E-state index contributed by atoms with van der Waals surface area (Å²) in [6.07, 6.45) is 0.263. The molecule has 0 aliphatic carbocycles. The minimum atomic E-state index is -0.305. The van der Waals surface area contributed by atoms with Crippen molar-refractivity contribution in [1.82, 2.24) is 14.8 Å². The predicted octanol–water partition coefficient (Wildman–Crippen LogP) is 2.61. The summed E-state index contributed by atoms with van der Waals surface area (Å²) in [5.41, 5.74) is 1.73. The van der Waals surface area contributed by atoms with Gasteiger partial charge >= 0.3 is 0 Å². The number of halogens is 1. The van der Waals surface area contributed by atoms with Crippen LogP contribution in [0.25, 0.3) is 0 Å². The molecule has 1 fully saturated rings. The first-order valence-electron chi connectivity index (χ1n) is 9.34. The average molecular weight is 405 g/mol. The monoisotopic (exact) mass is 404 g/mol. The number of carbonyl (C=O) groups excluding carboxylic acids is 2. The van der Waals surface area contributed by atoms with Crippen LogP contribution in [0.1, 0.15) is 23.1 Å². The number of benzene rings is 1. The molecular formula is C20H25FN4O2S. The van der Waals surface area contributed by atoms with Crippen LogP contribution < -0.4 is 5.32 Å². The second-order valence-corrected chi connectivity index (χ2v) is 8.25. The van der Waals surface area contributed by atoms with Crippen molar-refractivity contribution in [2.24, 2.45) is 0 Å². The van der Waals surface area contributed by atoms with Crippen LogP contribution in [0.15, 0.2) is 24.3 Å². The predicted molar refractivity (Wildman–Crippen MR) is 108 cm³/mol. The number of piperazine rings is 1. The van der Waals surface area contributed by atoms with Gasteiger partial charge in [0.2, 0.25) is 11.8 Å². The van der Waals surface area contributed by atoms with Crippen molar-refractivity contribution in [3.05, 3.63) is 46.2 Å². The molecule has 0 spiro atoms. The lowest BCUT2D eigenvalue weighted by Crippen LogP contribution is -2.54. The highest BCUT2D eigenvalue weighted by atomic mass is 32.1. The average Bonchev–Trinajstić information content (AvgIpc) is 3.00. The highest BCUT2D eigenvalue weighted by Crippen LogP contribution is 2.21. The molecule has 1 aliphatic heterocycles. The summed E-state index contributed by atoms with van der Waals surface area (Å²) in [4.78, 5) is 34.3. The Balaban J connectivity index is 1.49. The Morgan fingerprint density at radius 2 is 1.82 bits per heavy atom. The first-order valence-corrected chi connectivity index (χ1v) is 10.2. The fraction of sp³-hybridized carbons (Fsp3) is 0.450. The third-order valence-corrected chi connectivity index (χ3v) is 6.11. The number of thiazole rings is 1. The van der Waals surface area contributed by atoms with Crippen LogP contribution in [0.3, 0.4) is 0 Å². The maximum absolute atomic E-state index is 13.0. The van der Waals surface area contributed by atoms with Crippen LogP contribution in [-0.4, -0.2) is 58.8 Å². The van der Waals surface area contributed by atoms with E-state index in [9.17, 15) is 14.0 Å². The van der Waals surface area contributed by atoms with Crippen molar-refractivity contribution in [3.8, 4) is 0 Å². The molecule has 2 heterocycles. The summed E-state index contributed by atoms with van der Waals surface area (Å²) in [5.74, 6) is -0.364. The van der Waals surface area contributed by atoms with Gasteiger partial charge in [-0.2, -0.15) is 0 Å². The van der Waals surface area contributed by atoms with E-state index >= 15 is 0 Å². The van der Waals surface area contributed by atoms with Gasteiger partial charge in [0.25, 0.3) is 0 Å². The van der Waals surface area contributed by atoms with Gasteiger partial charge in [0.05, 0.1) is 18.2 Å². The number of amides is 2. The Hall–Kier alpha value is -2.32. The second kappa shape index (κ2) is 8.79. The van der Waals surface area contributed by atoms with E-state index in [0.717, 1.165) is 16.1 Å². The number of hydrogen-bond donors (Lipinski definition) is 1. The molecule has 1 aromatic carbocycles. The number of rotatable bonds is 5. The van der Waals surface area contributed by atoms with Crippen LogP contribution in [-0.2, 0) is 16.0 Å². The minimum Gasteiger partial charge on any atom is -0.340 e. The summed E-state index contributed by atoms with van der Waals surface area (Å²) in [7, 11) is 0. The Kier molecular flexibility index (Phi) is 6.41. The molecule has 1 aromatic heterocycles. The smallest absolute Gasteiger partial charge is 0.243 e. The van der Waals surface area contributed by atoms with E-state index in [1.165, 1.54) is 23.5 Å². The van der Waals surface area contributed by atoms with Gasteiger partial charge in [0.15, 0.2) is 5.13 Å². The summed E-state index contributed by atoms with van der Waals surface area (Å²) in [6.45, 7) is 8.21. The van der Waals surface area contributed by atoms with Gasteiger partial charge in [-0.25, -0.2) is 9.37 Å². The van der Waals surface area contributed by atoms with E-state index in [-0.39, 0.29) is 30.1 Å². The first-order chi connectivity index (χ1) is 13.3. The lowest BCUT2D eigenvalue weighted by atomic mass is 10.1. The summed E-state index contributed by atoms with van der Waals surface area (Å²) in [6, 6.07) is 5.72. The fourth-order valence-electron chi connectivity index (χ4n) is 3.15. The molecule has 8 heteroatoms. The number of carbonyl (C=O) groups is 2. The molecule has 0 bridgehead atoms.